The standard InChI is InChI=1S/C89H120N18O17S/c1-11-12-32-70-87(122)104(7)50-75(110)96-66(43-77(112)113)83(118)102-78(54(4)5)89(124)106(9)71(40-56-26-18-14-19-27-56)84(119)100-68(45-91)85(120)103(6)49-74(109)94-47-61(42-60-46-93-63-31-23-22-30-62(60)63)79(114)98-65(38-58-33-35-59(44-90)36-34-58)82(117)99-64(37-53(2)3)81(116)101-69(80(115)95-48-73(92)108)51-125-52-76(111)97-67(39-55-24-16-13-17-25-55)86(121)107(10)72(88(123)105(70)8)41-57-28-20-15-21-29-57/h13-31,33-36,46,53-54,61,64-72,78,93H,11-12,32,37-45,47-52,90-91H2,1-10H3,(H2,92,108)(H,94,109)(H,95,115)(H,96,110)(H,97,111)(H,98,114)(H,99,117)(H,100,119)(H,101,116)(H,102,118)(H,112,113)/t61-,64+,65+,66+,67+,68+,69+,70+,71+,72+,78+/m1/s1. The van der Waals surface area contributed by atoms with Crippen molar-refractivity contribution in [3.63, 3.8) is 0 Å². The van der Waals surface area contributed by atoms with Crippen LogP contribution in [-0.4, -0.2) is 269 Å². The number of likely N-dealkylation sites (N-methyl/N-ethyl adjacent to an activating group) is 5. The summed E-state index contributed by atoms with van der Waals surface area (Å²) in [6, 6.07) is 25.1. The van der Waals surface area contributed by atoms with Gasteiger partial charge in [0.05, 0.1) is 37.7 Å². The minimum absolute atomic E-state index is 0.0403. The molecule has 35 nitrogen and oxygen atoms in total. The second kappa shape index (κ2) is 49.1. The maximum Gasteiger partial charge on any atom is 0.305 e. The van der Waals surface area contributed by atoms with Crippen LogP contribution < -0.4 is 65.1 Å². The number of fused-ring (bicyclic) bond motifs is 1. The van der Waals surface area contributed by atoms with Gasteiger partial charge >= 0.3 is 5.97 Å². The number of carbonyl (C=O) groups is 16. The number of benzene rings is 5. The van der Waals surface area contributed by atoms with E-state index in [2.05, 4.69) is 52.8 Å². The van der Waals surface area contributed by atoms with E-state index in [1.165, 1.54) is 45.0 Å². The van der Waals surface area contributed by atoms with Gasteiger partial charge in [0.15, 0.2) is 0 Å². The Morgan fingerprint density at radius 3 is 1.60 bits per heavy atom. The highest BCUT2D eigenvalue weighted by atomic mass is 32.2. The van der Waals surface area contributed by atoms with Crippen LogP contribution in [0.1, 0.15) is 100 Å². The lowest BCUT2D eigenvalue weighted by atomic mass is 9.96. The average Bonchev–Trinajstić information content (AvgIpc) is 1.66. The number of hydrogen-bond donors (Lipinski definition) is 14. The van der Waals surface area contributed by atoms with Crippen LogP contribution in [0, 0.1) is 17.8 Å². The first-order valence-electron chi connectivity index (χ1n) is 41.7. The number of primary amides is 1. The lowest BCUT2D eigenvalue weighted by Crippen LogP contribution is -2.61. The van der Waals surface area contributed by atoms with Crippen molar-refractivity contribution in [2.24, 2.45) is 35.0 Å². The molecule has 11 atom stereocenters. The number of nitrogens with one attached hydrogen (secondary N) is 10. The van der Waals surface area contributed by atoms with E-state index in [9.17, 15) is 62.6 Å². The molecule has 1 saturated heterocycles. The number of hydrogen-bond acceptors (Lipinski definition) is 19. The Morgan fingerprint density at radius 1 is 0.504 bits per heavy atom. The van der Waals surface area contributed by atoms with Crippen LogP contribution in [-0.2, 0) is 115 Å². The molecule has 6 aromatic rings. The van der Waals surface area contributed by atoms with Crippen LogP contribution >= 0.6 is 11.8 Å². The molecule has 0 radical (unpaired) electrons. The van der Waals surface area contributed by atoms with Gasteiger partial charge in [0, 0.05) is 103 Å². The zero-order valence-corrected chi connectivity index (χ0v) is 73.3. The first kappa shape index (κ1) is 99.5. The van der Waals surface area contributed by atoms with Crippen molar-refractivity contribution < 1.29 is 81.8 Å². The molecule has 1 aromatic heterocycles. The van der Waals surface area contributed by atoms with Crippen LogP contribution in [0.15, 0.2) is 146 Å². The number of para-hydroxylation sites is 1. The van der Waals surface area contributed by atoms with E-state index in [-0.39, 0.29) is 63.2 Å². The fourth-order valence-electron chi connectivity index (χ4n) is 14.4. The summed E-state index contributed by atoms with van der Waals surface area (Å²) in [5.74, 6) is -17.5. The number of aromatic amines is 1. The van der Waals surface area contributed by atoms with Gasteiger partial charge in [-0.25, -0.2) is 0 Å². The van der Waals surface area contributed by atoms with E-state index < -0.39 is 212 Å². The molecule has 15 amide bonds. The molecule has 1 aliphatic rings. The molecule has 0 unspecified atom stereocenters. The second-order valence-corrected chi connectivity index (χ2v) is 33.2. The zero-order chi connectivity index (χ0) is 91.7. The van der Waals surface area contributed by atoms with Crippen LogP contribution in [0.4, 0.5) is 0 Å². The van der Waals surface area contributed by atoms with E-state index >= 15 is 19.2 Å². The first-order chi connectivity index (χ1) is 59.5. The third kappa shape index (κ3) is 30.4. The van der Waals surface area contributed by atoms with Crippen LogP contribution in [0.3, 0.4) is 0 Å². The lowest BCUT2D eigenvalue weighted by Gasteiger charge is -2.37. The highest BCUT2D eigenvalue weighted by molar-refractivity contribution is 8.00. The highest BCUT2D eigenvalue weighted by Crippen LogP contribution is 2.24. The molecule has 0 bridgehead atoms. The SMILES string of the molecule is CCCC[C@H]1C(=O)N(C)CC(=O)N[C@@H](CC(=O)O)C(=O)N[C@@H](C(C)C)C(=O)N(C)[C@@H](Cc2ccccc2)C(=O)N[C@@H](CN)C(=O)N(C)CC(=O)NC[C@@H](Cc2c[nH]c3ccccc23)C(=O)N[C@@H](Cc2ccc(CN)cc2)C(=O)N[C@@H](CC(C)C)C(=O)N[C@H](C(=O)NCC(N)=O)CSCC(=O)N[C@@H](Cc2ccccc2)C(=O)N(C)[C@@H](Cc2ccccc2)C(=O)N1C. The first-order valence-corrected chi connectivity index (χ1v) is 42.8. The van der Waals surface area contributed by atoms with Gasteiger partial charge in [-0.15, -0.1) is 11.8 Å². The minimum Gasteiger partial charge on any atom is -0.481 e. The van der Waals surface area contributed by atoms with Crippen molar-refractivity contribution in [3.05, 3.63) is 179 Å². The number of thioether (sulfide) groups is 1. The molecule has 17 N–H and O–H groups in total. The van der Waals surface area contributed by atoms with Crippen molar-refractivity contribution in [2.45, 2.75) is 166 Å². The molecule has 125 heavy (non-hydrogen) atoms. The van der Waals surface area contributed by atoms with Gasteiger partial charge in [-0.05, 0) is 70.5 Å². The van der Waals surface area contributed by atoms with Crippen LogP contribution in [0.5, 0.6) is 0 Å². The van der Waals surface area contributed by atoms with E-state index in [0.717, 1.165) is 42.9 Å². The van der Waals surface area contributed by atoms with Crippen molar-refractivity contribution in [1.82, 2.24) is 77.3 Å². The molecule has 36 heteroatoms. The smallest absolute Gasteiger partial charge is 0.305 e. The summed E-state index contributed by atoms with van der Waals surface area (Å²) >= 11 is 0.851. The van der Waals surface area contributed by atoms with E-state index in [0.29, 0.717) is 40.7 Å². The Kier molecular flexibility index (Phi) is 39.1. The topological polar surface area (TPSA) is 512 Å². The molecular formula is C89H120N18O17S. The van der Waals surface area contributed by atoms with Gasteiger partial charge in [0.1, 0.15) is 60.4 Å². The summed E-state index contributed by atoms with van der Waals surface area (Å²) < 4.78 is 0. The largest absolute Gasteiger partial charge is 0.481 e. The molecule has 2 heterocycles. The Morgan fingerprint density at radius 2 is 1.02 bits per heavy atom. The van der Waals surface area contributed by atoms with Crippen LogP contribution in [0.25, 0.3) is 10.9 Å². The monoisotopic (exact) mass is 1740 g/mol. The van der Waals surface area contributed by atoms with Crippen molar-refractivity contribution >= 4 is 117 Å². The summed E-state index contributed by atoms with van der Waals surface area (Å²) in [7, 11) is 6.57. The lowest BCUT2D eigenvalue weighted by molar-refractivity contribution is -0.151. The second-order valence-electron chi connectivity index (χ2n) is 32.2. The third-order valence-electron chi connectivity index (χ3n) is 21.6. The third-order valence-corrected chi connectivity index (χ3v) is 22.6. The van der Waals surface area contributed by atoms with Gasteiger partial charge < -0.3 is 99.6 Å². The molecule has 0 aliphatic carbocycles. The number of carboxylic acids is 1. The number of unbranched alkanes of at least 4 members (excludes halogenated alkanes) is 1. The van der Waals surface area contributed by atoms with Gasteiger partial charge in [-0.2, -0.15) is 0 Å². The zero-order valence-electron chi connectivity index (χ0n) is 72.4. The minimum atomic E-state index is -1.88. The number of nitrogens with zero attached hydrogens (tertiary/aromatic N) is 5. The summed E-state index contributed by atoms with van der Waals surface area (Å²) in [6.45, 7) is 5.67. The molecule has 0 saturated carbocycles. The molecule has 7 rings (SSSR count). The predicted molar refractivity (Wildman–Crippen MR) is 470 cm³/mol. The Hall–Kier alpha value is -12.6. The molecule has 1 aliphatic heterocycles. The molecule has 0 spiro atoms. The number of H-pyrrole nitrogens is 1. The molecular weight excluding hydrogens is 1630 g/mol. The summed E-state index contributed by atoms with van der Waals surface area (Å²) in [6.07, 6.45) is 0.965. The van der Waals surface area contributed by atoms with Gasteiger partial charge in [0.2, 0.25) is 88.6 Å². The van der Waals surface area contributed by atoms with E-state index in [1.54, 1.807) is 155 Å². The Labute approximate surface area is 732 Å². The van der Waals surface area contributed by atoms with Crippen molar-refractivity contribution in [2.75, 3.05) is 79.5 Å². The number of carbonyl (C=O) groups excluding carboxylic acids is 15. The summed E-state index contributed by atoms with van der Waals surface area (Å²) in [4.78, 5) is 241. The van der Waals surface area contributed by atoms with Crippen LogP contribution in [0.2, 0.25) is 0 Å². The average molecular weight is 1750 g/mol. The van der Waals surface area contributed by atoms with Gasteiger partial charge in [0.25, 0.3) is 0 Å². The number of aromatic nitrogens is 1. The maximum absolute atomic E-state index is 15.5. The highest BCUT2D eigenvalue weighted by Gasteiger charge is 2.42. The number of rotatable bonds is 23. The molecule has 5 aromatic carbocycles. The Balaban J connectivity index is 1.30. The summed E-state index contributed by atoms with van der Waals surface area (Å²) in [5.41, 5.74) is 22.1. The number of carboxylic acid groups (broad SMARTS) is 1. The number of aliphatic carboxylic acids is 1. The van der Waals surface area contributed by atoms with E-state index in [1.807, 2.05) is 25.1 Å². The predicted octanol–water partition coefficient (Wildman–Crippen LogP) is 0.338. The summed E-state index contributed by atoms with van der Waals surface area (Å²) in [5, 5.41) is 34.9. The van der Waals surface area contributed by atoms with E-state index in [4.69, 9.17) is 17.2 Å². The fraction of sp³-hybridized carbons (Fsp3) is 0.461. The van der Waals surface area contributed by atoms with Crippen molar-refractivity contribution in [3.8, 4) is 0 Å². The fourth-order valence-corrected chi connectivity index (χ4v) is 15.3. The van der Waals surface area contributed by atoms with Gasteiger partial charge in [-0.1, -0.05) is 181 Å². The quantitative estimate of drug-likeness (QED) is 0.0411. The normalized spacial score (nSPS) is 22.4. The number of nitrogens with two attached hydrogens (primary N) is 3. The molecule has 674 valence electrons. The number of amides is 15. The van der Waals surface area contributed by atoms with Gasteiger partial charge in [-0.3, -0.25) is 76.7 Å². The molecule has 1 fully saturated rings. The maximum atomic E-state index is 15.5. The Bertz CT molecular complexity index is 4710. The van der Waals surface area contributed by atoms with Crippen molar-refractivity contribution in [1.29, 1.82) is 0 Å².